The summed E-state index contributed by atoms with van der Waals surface area (Å²) >= 11 is 0. The van der Waals surface area contributed by atoms with Crippen LogP contribution in [0.2, 0.25) is 0 Å². The van der Waals surface area contributed by atoms with Crippen LogP contribution >= 0.6 is 0 Å². The van der Waals surface area contributed by atoms with Gasteiger partial charge >= 0.3 is 11.9 Å². The quantitative estimate of drug-likeness (QED) is 0.141. The van der Waals surface area contributed by atoms with Crippen molar-refractivity contribution in [2.24, 2.45) is 29.6 Å². The highest BCUT2D eigenvalue weighted by atomic mass is 16.6. The molecule has 1 heterocycles. The molecule has 13 atom stereocenters. The van der Waals surface area contributed by atoms with E-state index in [4.69, 9.17) is 23.7 Å². The molecule has 1 aromatic carbocycles. The third-order valence-corrected chi connectivity index (χ3v) is 17.2. The minimum atomic E-state index is -1.79. The van der Waals surface area contributed by atoms with Crippen LogP contribution in [0.15, 0.2) is 24.3 Å². The lowest BCUT2D eigenvalue weighted by molar-refractivity contribution is -0.171. The smallest absolute Gasteiger partial charge is 0.328 e. The largest absolute Gasteiger partial charge is 0.497 e. The van der Waals surface area contributed by atoms with Crippen molar-refractivity contribution in [1.29, 1.82) is 0 Å². The van der Waals surface area contributed by atoms with E-state index >= 15 is 19.2 Å². The molecule has 1 aromatic rings. The molecule has 2 rings (SSSR count). The van der Waals surface area contributed by atoms with E-state index in [2.05, 4.69) is 10.6 Å². The first-order valence-corrected chi connectivity index (χ1v) is 31.4. The van der Waals surface area contributed by atoms with Crippen molar-refractivity contribution < 1.29 is 76.4 Å². The Balaban J connectivity index is 3.02. The number of cyclic esters (lactones) is 1. The van der Waals surface area contributed by atoms with Crippen molar-refractivity contribution in [1.82, 2.24) is 49.8 Å². The third-order valence-electron chi connectivity index (χ3n) is 17.2. The van der Waals surface area contributed by atoms with Gasteiger partial charge in [-0.25, -0.2) is 4.79 Å². The molecule has 91 heavy (non-hydrogen) atoms. The second kappa shape index (κ2) is 36.3. The summed E-state index contributed by atoms with van der Waals surface area (Å²) in [4.78, 5) is 172. The molecule has 0 aliphatic carbocycles. The van der Waals surface area contributed by atoms with Gasteiger partial charge in [0.1, 0.15) is 72.3 Å². The highest BCUT2D eigenvalue weighted by molar-refractivity contribution is 5.99. The Bertz CT molecular complexity index is 2630. The SMILES string of the molecule is CC[C@H](C)[C@H]1C(=O)N[C@@H](C)C(=O)N(C)[C@@H](CC(C)C)C(=O)N[C@@H](Cc2ccc(OC)cc2)C(=O)N(C)[C@H](C)C(=O)O[C@H](C)[C@H](N(C)C(=O)[C@H](CC(C)C)N(C)C(=O)[C@@H](COC)N(C)C(=O)[C@@H](OC(=O)[C@H](C(C)C)N(C)C)C(C)C)C(=O)N(C)[C@@H](COC)C(=O)N1C. The Hall–Kier alpha value is -6.93. The molecule has 0 radical (unpaired) electrons. The topological polar surface area (TPSA) is 284 Å². The first-order valence-electron chi connectivity index (χ1n) is 31.4. The van der Waals surface area contributed by atoms with E-state index < -0.39 is 156 Å². The summed E-state index contributed by atoms with van der Waals surface area (Å²) in [5.41, 5.74) is 0.597. The van der Waals surface area contributed by atoms with E-state index in [-0.39, 0.29) is 43.6 Å². The molecule has 1 fully saturated rings. The van der Waals surface area contributed by atoms with Crippen LogP contribution in [0, 0.1) is 29.6 Å². The van der Waals surface area contributed by atoms with Gasteiger partial charge in [0.05, 0.1) is 20.3 Å². The lowest BCUT2D eigenvalue weighted by Gasteiger charge is -2.41. The zero-order valence-corrected chi connectivity index (χ0v) is 59.0. The maximum atomic E-state index is 15.6. The molecule has 26 nitrogen and oxygen atoms in total. The lowest BCUT2D eigenvalue weighted by atomic mass is 9.95. The number of rotatable bonds is 24. The van der Waals surface area contributed by atoms with Gasteiger partial charge in [-0.05, 0) is 95.0 Å². The summed E-state index contributed by atoms with van der Waals surface area (Å²) < 4.78 is 28.5. The van der Waals surface area contributed by atoms with Gasteiger partial charge in [-0.2, -0.15) is 0 Å². The predicted molar refractivity (Wildman–Crippen MR) is 343 cm³/mol. The van der Waals surface area contributed by atoms with E-state index in [1.165, 1.54) is 101 Å². The van der Waals surface area contributed by atoms with Crippen molar-refractivity contribution in [2.75, 3.05) is 98.0 Å². The molecule has 0 aromatic heterocycles. The Labute approximate surface area is 540 Å². The Morgan fingerprint density at radius 2 is 1.19 bits per heavy atom. The third kappa shape index (κ3) is 21.0. The number of ether oxygens (including phenoxy) is 5. The number of nitrogens with zero attached hydrogens (tertiary/aromatic N) is 8. The molecular weight excluding hydrogens is 1180 g/mol. The summed E-state index contributed by atoms with van der Waals surface area (Å²) in [5.74, 6) is -9.68. The summed E-state index contributed by atoms with van der Waals surface area (Å²) in [6.07, 6.45) is -2.49. The van der Waals surface area contributed by atoms with Gasteiger partial charge in [-0.1, -0.05) is 87.8 Å². The number of amides is 9. The van der Waals surface area contributed by atoms with E-state index in [1.807, 2.05) is 48.5 Å². The molecule has 26 heteroatoms. The van der Waals surface area contributed by atoms with Crippen LogP contribution in [0.5, 0.6) is 5.75 Å². The monoisotopic (exact) mass is 1290 g/mol. The highest BCUT2D eigenvalue weighted by Gasteiger charge is 2.47. The van der Waals surface area contributed by atoms with Gasteiger partial charge < -0.3 is 68.6 Å². The number of hydrogen-bond acceptors (Lipinski definition) is 17. The second-order valence-corrected chi connectivity index (χ2v) is 26.1. The number of hydrogen-bond donors (Lipinski definition) is 2. The van der Waals surface area contributed by atoms with Crippen LogP contribution in [0.3, 0.4) is 0 Å². The first-order chi connectivity index (χ1) is 42.3. The Morgan fingerprint density at radius 1 is 0.626 bits per heavy atom. The minimum absolute atomic E-state index is 0.00735. The van der Waals surface area contributed by atoms with Crippen LogP contribution in [-0.2, 0) is 78.1 Å². The normalized spacial score (nSPS) is 23.3. The van der Waals surface area contributed by atoms with Gasteiger partial charge in [0.15, 0.2) is 6.10 Å². The average Bonchev–Trinajstić information content (AvgIpc) is 0.922. The van der Waals surface area contributed by atoms with Crippen LogP contribution in [0.25, 0.3) is 0 Å². The fourth-order valence-electron chi connectivity index (χ4n) is 11.3. The molecule has 0 spiro atoms. The van der Waals surface area contributed by atoms with E-state index in [9.17, 15) is 33.6 Å². The molecule has 0 unspecified atom stereocenters. The molecule has 2 N–H and O–H groups in total. The number of carbonyl (C=O) groups is 11. The molecule has 0 saturated carbocycles. The average molecular weight is 1290 g/mol. The second-order valence-electron chi connectivity index (χ2n) is 26.1. The van der Waals surface area contributed by atoms with E-state index in [0.29, 0.717) is 17.7 Å². The number of nitrogens with one attached hydrogen (secondary N) is 2. The van der Waals surface area contributed by atoms with Crippen LogP contribution < -0.4 is 15.4 Å². The number of carbonyl (C=O) groups excluding carboxylic acids is 11. The van der Waals surface area contributed by atoms with Crippen molar-refractivity contribution in [2.45, 2.75) is 188 Å². The van der Waals surface area contributed by atoms with Crippen molar-refractivity contribution in [3.05, 3.63) is 29.8 Å². The van der Waals surface area contributed by atoms with Crippen LogP contribution in [0.4, 0.5) is 0 Å². The summed E-state index contributed by atoms with van der Waals surface area (Å²) in [6.45, 7) is 21.4. The van der Waals surface area contributed by atoms with Crippen molar-refractivity contribution in [3.63, 3.8) is 0 Å². The summed E-state index contributed by atoms with van der Waals surface area (Å²) in [6, 6.07) is -6.41. The molecule has 1 saturated heterocycles. The predicted octanol–water partition coefficient (Wildman–Crippen LogP) is 2.57. The van der Waals surface area contributed by atoms with Gasteiger partial charge in [0, 0.05) is 70.0 Å². The summed E-state index contributed by atoms with van der Waals surface area (Å²) in [7, 11) is 17.0. The zero-order chi connectivity index (χ0) is 70.0. The maximum absolute atomic E-state index is 15.6. The van der Waals surface area contributed by atoms with Gasteiger partial charge in [-0.3, -0.25) is 52.8 Å². The van der Waals surface area contributed by atoms with Crippen molar-refractivity contribution in [3.8, 4) is 5.75 Å². The standard InChI is InChI=1S/C65H110N10O16/c1-26-40(10)52-56(77)66-41(11)57(78)70(17)47(31-36(2)3)55(76)67-46(33-44-27-29-45(89-25)30-28-44)58(79)69(16)42(12)64(85)90-43(13)53(62(83)72(19)50(35-88-24)61(82)74(52)21)75(22)59(80)48(32-37(4)5)71(18)60(81)49(34-87-23)73(20)63(84)54(39(8)9)91-65(86)51(38(6)7)68(14)15/h27-30,36-43,46-54H,26,31-35H2,1-25H3,(H,66,77)(H,67,76)/t40-,41-,42+,43+,46-,47-,48-,49+,50-,51-,52-,53-,54-/m0/s1. The van der Waals surface area contributed by atoms with Gasteiger partial charge in [0.25, 0.3) is 5.91 Å². The van der Waals surface area contributed by atoms with E-state index in [0.717, 1.165) is 24.5 Å². The van der Waals surface area contributed by atoms with Crippen LogP contribution in [0.1, 0.15) is 115 Å². The molecule has 1 aliphatic heterocycles. The van der Waals surface area contributed by atoms with Gasteiger partial charge in [0.2, 0.25) is 47.3 Å². The molecule has 0 bridgehead atoms. The van der Waals surface area contributed by atoms with Gasteiger partial charge in [-0.15, -0.1) is 0 Å². The number of likely N-dealkylation sites (N-methyl/N-ethyl adjacent to an activating group) is 8. The molecule has 9 amide bonds. The highest BCUT2D eigenvalue weighted by Crippen LogP contribution is 2.25. The fourth-order valence-corrected chi connectivity index (χ4v) is 11.3. The zero-order valence-electron chi connectivity index (χ0n) is 59.0. The number of esters is 2. The molecular formula is C65H110N10O16. The molecule has 516 valence electrons. The summed E-state index contributed by atoms with van der Waals surface area (Å²) in [5, 5.41) is 5.63. The maximum Gasteiger partial charge on any atom is 0.328 e. The number of benzene rings is 1. The lowest BCUT2D eigenvalue weighted by Crippen LogP contribution is -2.64. The van der Waals surface area contributed by atoms with E-state index in [1.54, 1.807) is 64.0 Å². The minimum Gasteiger partial charge on any atom is -0.497 e. The van der Waals surface area contributed by atoms with Crippen LogP contribution in [-0.4, -0.2) is 275 Å². The number of methoxy groups -OCH3 is 3. The van der Waals surface area contributed by atoms with Crippen molar-refractivity contribution >= 4 is 65.1 Å². The Morgan fingerprint density at radius 3 is 1.67 bits per heavy atom. The molecule has 1 aliphatic rings. The fraction of sp³-hybridized carbons (Fsp3) is 0.738. The first kappa shape index (κ1) is 80.2. The Kier molecular flexibility index (Phi) is 32.0.